The molecule has 5 aromatic rings. The third-order valence-corrected chi connectivity index (χ3v) is 7.55. The molecule has 1 aliphatic heterocycles. The number of carbonyl (C=O) groups excluding carboxylic acids is 2. The molecule has 2 atom stereocenters. The van der Waals surface area contributed by atoms with Crippen molar-refractivity contribution in [3.8, 4) is 17.3 Å². The van der Waals surface area contributed by atoms with Crippen LogP contribution >= 0.6 is 0 Å². The number of nitrogens with zero attached hydrogens (tertiary/aromatic N) is 5. The molecule has 0 radical (unpaired) electrons. The number of rotatable bonds is 10. The lowest BCUT2D eigenvalue weighted by Crippen LogP contribution is -2.63. The number of amides is 2. The van der Waals surface area contributed by atoms with Crippen molar-refractivity contribution in [3.05, 3.63) is 84.2 Å². The fraction of sp³-hybridized carbons (Fsp3) is 0.281. The van der Waals surface area contributed by atoms with Crippen molar-refractivity contribution in [3.63, 3.8) is 0 Å². The third kappa shape index (κ3) is 6.20. The van der Waals surface area contributed by atoms with Crippen LogP contribution in [0.5, 0.6) is 11.6 Å². The van der Waals surface area contributed by atoms with E-state index in [0.717, 1.165) is 0 Å². The zero-order chi connectivity index (χ0) is 32.4. The molecule has 2 aromatic carbocycles. The van der Waals surface area contributed by atoms with E-state index in [4.69, 9.17) is 19.7 Å². The number of aliphatic hydroxyl groups is 1. The van der Waals surface area contributed by atoms with Gasteiger partial charge in [-0.25, -0.2) is 9.67 Å². The van der Waals surface area contributed by atoms with Crippen LogP contribution in [-0.4, -0.2) is 79.5 Å². The topological polar surface area (TPSA) is 191 Å². The Labute approximate surface area is 263 Å². The largest absolute Gasteiger partial charge is 0.507 e. The lowest BCUT2D eigenvalue weighted by atomic mass is 9.86. The number of ether oxygens (including phenoxy) is 2. The number of pyridine rings is 1. The highest BCUT2D eigenvalue weighted by molar-refractivity contribution is 5.98. The van der Waals surface area contributed by atoms with Gasteiger partial charge in [0, 0.05) is 30.9 Å². The van der Waals surface area contributed by atoms with E-state index < -0.39 is 23.5 Å². The maximum atomic E-state index is 14.0. The summed E-state index contributed by atoms with van der Waals surface area (Å²) in [6.45, 7) is 3.71. The van der Waals surface area contributed by atoms with Crippen LogP contribution in [-0.2, 0) is 16.0 Å². The van der Waals surface area contributed by atoms with E-state index in [1.807, 2.05) is 13.8 Å². The van der Waals surface area contributed by atoms with Gasteiger partial charge in [-0.2, -0.15) is 0 Å². The van der Waals surface area contributed by atoms with Gasteiger partial charge < -0.3 is 35.3 Å². The van der Waals surface area contributed by atoms with Gasteiger partial charge in [0.2, 0.25) is 5.88 Å². The van der Waals surface area contributed by atoms with Crippen LogP contribution in [0, 0.1) is 0 Å². The zero-order valence-corrected chi connectivity index (χ0v) is 25.2. The summed E-state index contributed by atoms with van der Waals surface area (Å²) in [4.78, 5) is 32.7. The Morgan fingerprint density at radius 3 is 2.83 bits per heavy atom. The summed E-state index contributed by atoms with van der Waals surface area (Å²) < 4.78 is 18.5. The highest BCUT2D eigenvalue weighted by atomic mass is 16.5. The van der Waals surface area contributed by atoms with Crippen LogP contribution in [0.25, 0.3) is 16.7 Å². The number of morpholine rings is 1. The lowest BCUT2D eigenvalue weighted by molar-refractivity contribution is -0.157. The van der Waals surface area contributed by atoms with E-state index in [2.05, 4.69) is 20.6 Å². The molecule has 1 aliphatic rings. The monoisotopic (exact) mass is 627 g/mol. The van der Waals surface area contributed by atoms with E-state index in [1.54, 1.807) is 65.6 Å². The summed E-state index contributed by atoms with van der Waals surface area (Å²) in [5, 5.41) is 34.0. The fourth-order valence-electron chi connectivity index (χ4n) is 5.35. The predicted molar refractivity (Wildman–Crippen MR) is 167 cm³/mol. The van der Waals surface area contributed by atoms with E-state index in [9.17, 15) is 19.8 Å². The highest BCUT2D eigenvalue weighted by Crippen LogP contribution is 2.30. The van der Waals surface area contributed by atoms with Gasteiger partial charge in [-0.3, -0.25) is 14.5 Å². The van der Waals surface area contributed by atoms with Crippen LogP contribution in [0.1, 0.15) is 29.8 Å². The minimum atomic E-state index is -1.94. The number of benzene rings is 2. The van der Waals surface area contributed by atoms with Crippen LogP contribution in [0.4, 0.5) is 11.6 Å². The first-order chi connectivity index (χ1) is 22.1. The molecule has 1 fully saturated rings. The summed E-state index contributed by atoms with van der Waals surface area (Å²) >= 11 is 0. The Balaban J connectivity index is 1.28. The number of aromatic hydroxyl groups is 1. The predicted octanol–water partition coefficient (Wildman–Crippen LogP) is 2.62. The molecule has 3 aromatic heterocycles. The molecule has 5 N–H and O–H groups in total. The molecule has 0 bridgehead atoms. The second kappa shape index (κ2) is 12.5. The van der Waals surface area contributed by atoms with Crippen molar-refractivity contribution >= 4 is 34.4 Å². The van der Waals surface area contributed by atoms with Crippen LogP contribution in [0.15, 0.2) is 77.6 Å². The van der Waals surface area contributed by atoms with E-state index in [0.29, 0.717) is 33.9 Å². The van der Waals surface area contributed by atoms with Gasteiger partial charge in [-0.05, 0) is 49.7 Å². The average molecular weight is 628 g/mol. The molecule has 2 amide bonds. The molecule has 6 rings (SSSR count). The first-order valence-corrected chi connectivity index (χ1v) is 14.7. The minimum Gasteiger partial charge on any atom is -0.507 e. The van der Waals surface area contributed by atoms with Crippen molar-refractivity contribution in [1.29, 1.82) is 0 Å². The standard InChI is InChI=1S/C32H33N7O7/c1-19(2)45-27-16-21(9-11-34-27)39-12-10-26(36-39)38-13-14-44-28(31(38)42)32(43,18-35-30(41)22-5-3-4-6-24(22)40)17-20-7-8-23-25(15-20)46-37-29(23)33/h3-12,15-16,19,28,40,43H,13-14,17-18H2,1-2H3,(H2,33,37)(H,35,41)/t28-,32?/m0/s1. The molecule has 0 aliphatic carbocycles. The number of hydrogen-bond donors (Lipinski definition) is 4. The number of anilines is 2. The second-order valence-corrected chi connectivity index (χ2v) is 11.3. The third-order valence-electron chi connectivity index (χ3n) is 7.55. The second-order valence-electron chi connectivity index (χ2n) is 11.3. The molecule has 238 valence electrons. The quantitative estimate of drug-likeness (QED) is 0.178. The maximum absolute atomic E-state index is 14.0. The summed E-state index contributed by atoms with van der Waals surface area (Å²) in [5.74, 6) is -0.384. The molecule has 14 heteroatoms. The molecule has 0 spiro atoms. The van der Waals surface area contributed by atoms with Crippen molar-refractivity contribution in [2.75, 3.05) is 30.3 Å². The van der Waals surface area contributed by atoms with Gasteiger partial charge in [0.25, 0.3) is 11.8 Å². The first-order valence-electron chi connectivity index (χ1n) is 14.7. The van der Waals surface area contributed by atoms with Gasteiger partial charge in [0.1, 0.15) is 11.4 Å². The number of phenols is 1. The number of nitrogen functional groups attached to an aromatic ring is 1. The number of nitrogens with one attached hydrogen (secondary N) is 1. The number of phenolic OH excluding ortho intramolecular Hbond substituents is 1. The molecular weight excluding hydrogens is 594 g/mol. The number of para-hydroxylation sites is 1. The van der Waals surface area contributed by atoms with Crippen LogP contribution in [0.2, 0.25) is 0 Å². The van der Waals surface area contributed by atoms with Crippen LogP contribution in [0.3, 0.4) is 0 Å². The molecule has 14 nitrogen and oxygen atoms in total. The van der Waals surface area contributed by atoms with Gasteiger partial charge in [-0.15, -0.1) is 5.10 Å². The van der Waals surface area contributed by atoms with Gasteiger partial charge in [0.05, 0.1) is 42.4 Å². The number of fused-ring (bicyclic) bond motifs is 1. The molecular formula is C32H33N7O7. The summed E-state index contributed by atoms with van der Waals surface area (Å²) in [5.41, 5.74) is 5.61. The number of nitrogens with two attached hydrogens (primary N) is 1. The normalized spacial score (nSPS) is 16.5. The Hall–Kier alpha value is -5.47. The summed E-state index contributed by atoms with van der Waals surface area (Å²) in [7, 11) is 0. The van der Waals surface area contributed by atoms with Crippen molar-refractivity contribution in [2.24, 2.45) is 0 Å². The Bertz CT molecular complexity index is 1890. The van der Waals surface area contributed by atoms with Crippen LogP contribution < -0.4 is 20.7 Å². The Morgan fingerprint density at radius 1 is 1.20 bits per heavy atom. The Kier molecular flexibility index (Phi) is 8.30. The molecule has 4 heterocycles. The maximum Gasteiger partial charge on any atom is 0.260 e. The lowest BCUT2D eigenvalue weighted by Gasteiger charge is -2.40. The number of aromatic nitrogens is 4. The van der Waals surface area contributed by atoms with Gasteiger partial charge in [0.15, 0.2) is 23.3 Å². The molecule has 1 unspecified atom stereocenters. The number of carbonyl (C=O) groups is 2. The van der Waals surface area contributed by atoms with Crippen molar-refractivity contribution in [1.82, 2.24) is 25.2 Å². The average Bonchev–Trinajstić information content (AvgIpc) is 3.67. The zero-order valence-electron chi connectivity index (χ0n) is 25.2. The summed E-state index contributed by atoms with van der Waals surface area (Å²) in [6.07, 6.45) is 1.76. The van der Waals surface area contributed by atoms with E-state index in [1.165, 1.54) is 17.0 Å². The smallest absolute Gasteiger partial charge is 0.260 e. The van der Waals surface area contributed by atoms with E-state index >= 15 is 0 Å². The van der Waals surface area contributed by atoms with Gasteiger partial charge >= 0.3 is 0 Å². The first kappa shape index (κ1) is 30.6. The summed E-state index contributed by atoms with van der Waals surface area (Å²) in [6, 6.07) is 16.3. The molecule has 0 saturated carbocycles. The van der Waals surface area contributed by atoms with Crippen molar-refractivity contribution < 1.29 is 33.8 Å². The van der Waals surface area contributed by atoms with Crippen molar-refractivity contribution in [2.45, 2.75) is 38.1 Å². The van der Waals surface area contributed by atoms with E-state index in [-0.39, 0.29) is 49.4 Å². The molecule has 1 saturated heterocycles. The Morgan fingerprint density at radius 2 is 2.02 bits per heavy atom. The fourth-order valence-corrected chi connectivity index (χ4v) is 5.35. The molecule has 46 heavy (non-hydrogen) atoms. The number of hydrogen-bond acceptors (Lipinski definition) is 11. The van der Waals surface area contributed by atoms with Gasteiger partial charge in [-0.1, -0.05) is 23.4 Å². The highest BCUT2D eigenvalue weighted by Gasteiger charge is 2.47. The minimum absolute atomic E-state index is 0.0181. The SMILES string of the molecule is CC(C)Oc1cc(-n2ccc(N3CCO[C@H](C(O)(CNC(=O)c4ccccc4O)Cc4ccc5c(N)noc5c4)C3=O)n2)ccn1.